The minimum atomic E-state index is -0.614. The Morgan fingerprint density at radius 1 is 1.24 bits per heavy atom. The summed E-state index contributed by atoms with van der Waals surface area (Å²) in [4.78, 5) is 0. The molecule has 3 atom stereocenters. The van der Waals surface area contributed by atoms with Gasteiger partial charge in [-0.25, -0.2) is 0 Å². The van der Waals surface area contributed by atoms with Crippen LogP contribution in [0.15, 0.2) is 30.8 Å². The summed E-state index contributed by atoms with van der Waals surface area (Å²) in [5, 5.41) is 0. The summed E-state index contributed by atoms with van der Waals surface area (Å²) in [5.41, 5.74) is 3.01. The Kier molecular flexibility index (Phi) is 8.58. The molecule has 118 valence electrons. The number of benzene rings is 1. The third-order valence-electron chi connectivity index (χ3n) is 4.02. The lowest BCUT2D eigenvalue weighted by Gasteiger charge is -2.25. The lowest BCUT2D eigenvalue weighted by Crippen LogP contribution is -2.23. The van der Waals surface area contributed by atoms with Crippen molar-refractivity contribution >= 4 is 15.8 Å². The molecule has 0 amide bonds. The molecule has 0 radical (unpaired) electrons. The molecule has 0 heterocycles. The Balaban J connectivity index is 2.66. The molecule has 0 saturated heterocycles. The third kappa shape index (κ3) is 5.77. The maximum Gasteiger partial charge on any atom is 0.168 e. The van der Waals surface area contributed by atoms with Crippen LogP contribution in [-0.4, -0.2) is 22.5 Å². The maximum atomic E-state index is 6.32. The first kappa shape index (κ1) is 18.1. The van der Waals surface area contributed by atoms with Crippen LogP contribution in [0.25, 0.3) is 6.08 Å². The second kappa shape index (κ2) is 9.93. The normalized spacial score (nSPS) is 16.0. The van der Waals surface area contributed by atoms with Crippen LogP contribution in [0, 0.1) is 0 Å². The van der Waals surface area contributed by atoms with Gasteiger partial charge in [-0.05, 0) is 43.0 Å². The molecule has 0 aliphatic rings. The molecule has 1 rings (SSSR count). The molecule has 1 aromatic rings. The predicted molar refractivity (Wildman–Crippen MR) is 94.3 cm³/mol. The molecular weight excluding hydrogens is 276 g/mol. The smallest absolute Gasteiger partial charge is 0.168 e. The van der Waals surface area contributed by atoms with Crippen molar-refractivity contribution in [2.75, 3.05) is 6.61 Å². The van der Waals surface area contributed by atoms with Gasteiger partial charge in [0.05, 0.1) is 12.2 Å². The molecular formula is C18H30O2Si. The van der Waals surface area contributed by atoms with Gasteiger partial charge in [0.1, 0.15) is 0 Å². The molecule has 1 aromatic carbocycles. The van der Waals surface area contributed by atoms with E-state index in [0.717, 1.165) is 25.0 Å². The fraction of sp³-hybridized carbons (Fsp3) is 0.556. The molecule has 2 nitrogen and oxygen atoms in total. The van der Waals surface area contributed by atoms with E-state index < -0.39 is 9.76 Å². The topological polar surface area (TPSA) is 18.5 Å². The molecule has 0 aliphatic carbocycles. The van der Waals surface area contributed by atoms with Gasteiger partial charge in [0.25, 0.3) is 0 Å². The van der Waals surface area contributed by atoms with Crippen molar-refractivity contribution in [1.29, 1.82) is 0 Å². The average Bonchev–Trinajstić information content (AvgIpc) is 2.52. The number of hydrogen-bond donors (Lipinski definition) is 0. The Morgan fingerprint density at radius 2 is 2.00 bits per heavy atom. The highest BCUT2D eigenvalue weighted by Gasteiger charge is 2.19. The predicted octanol–water partition coefficient (Wildman–Crippen LogP) is 4.50. The van der Waals surface area contributed by atoms with Gasteiger partial charge < -0.3 is 9.16 Å². The molecule has 0 N–H and O–H groups in total. The van der Waals surface area contributed by atoms with E-state index in [2.05, 4.69) is 58.5 Å². The van der Waals surface area contributed by atoms with Crippen LogP contribution in [0.2, 0.25) is 5.54 Å². The summed E-state index contributed by atoms with van der Waals surface area (Å²) in [5.74, 6) is 0. The zero-order valence-corrected chi connectivity index (χ0v) is 15.4. The van der Waals surface area contributed by atoms with Crippen molar-refractivity contribution in [2.45, 2.75) is 58.3 Å². The highest BCUT2D eigenvalue weighted by Crippen LogP contribution is 2.25. The summed E-state index contributed by atoms with van der Waals surface area (Å²) in [6.45, 7) is 13.3. The van der Waals surface area contributed by atoms with Crippen molar-refractivity contribution in [3.63, 3.8) is 0 Å². The van der Waals surface area contributed by atoms with Gasteiger partial charge in [-0.1, -0.05) is 51.1 Å². The van der Waals surface area contributed by atoms with Crippen LogP contribution in [-0.2, 0) is 9.16 Å². The fourth-order valence-corrected chi connectivity index (χ4v) is 4.11. The second-order valence-corrected chi connectivity index (χ2v) is 7.15. The van der Waals surface area contributed by atoms with Gasteiger partial charge in [0.15, 0.2) is 9.76 Å². The monoisotopic (exact) mass is 306 g/mol. The molecule has 0 spiro atoms. The first-order chi connectivity index (χ1) is 10.2. The van der Waals surface area contributed by atoms with E-state index >= 15 is 0 Å². The van der Waals surface area contributed by atoms with Crippen molar-refractivity contribution in [2.24, 2.45) is 0 Å². The highest BCUT2D eigenvalue weighted by molar-refractivity contribution is 6.29. The third-order valence-corrected chi connectivity index (χ3v) is 6.28. The first-order valence-corrected chi connectivity index (χ1v) is 9.51. The Morgan fingerprint density at radius 3 is 2.57 bits per heavy atom. The van der Waals surface area contributed by atoms with Crippen LogP contribution in [0.3, 0.4) is 0 Å². The van der Waals surface area contributed by atoms with E-state index in [9.17, 15) is 0 Å². The second-order valence-electron chi connectivity index (χ2n) is 5.43. The summed E-state index contributed by atoms with van der Waals surface area (Å²) in [7, 11) is -0.614. The maximum absolute atomic E-state index is 6.32. The molecule has 3 heteroatoms. The average molecular weight is 307 g/mol. The number of hydrogen-bond acceptors (Lipinski definition) is 2. The van der Waals surface area contributed by atoms with Crippen molar-refractivity contribution in [3.05, 3.63) is 42.0 Å². The lowest BCUT2D eigenvalue weighted by atomic mass is 10.0. The van der Waals surface area contributed by atoms with E-state index in [1.807, 2.05) is 6.08 Å². The van der Waals surface area contributed by atoms with Crippen LogP contribution >= 0.6 is 0 Å². The molecule has 3 unspecified atom stereocenters. The largest absolute Gasteiger partial charge is 0.417 e. The van der Waals surface area contributed by atoms with E-state index in [1.165, 1.54) is 5.56 Å². The van der Waals surface area contributed by atoms with E-state index in [0.29, 0.717) is 11.6 Å². The minimum absolute atomic E-state index is 0.208. The van der Waals surface area contributed by atoms with Crippen LogP contribution in [0.1, 0.15) is 57.8 Å². The quantitative estimate of drug-likeness (QED) is 0.592. The van der Waals surface area contributed by atoms with Gasteiger partial charge >= 0.3 is 0 Å². The Labute approximate surface area is 132 Å². The van der Waals surface area contributed by atoms with Crippen LogP contribution < -0.4 is 0 Å². The van der Waals surface area contributed by atoms with Gasteiger partial charge in [0.2, 0.25) is 0 Å². The molecule has 0 aromatic heterocycles. The summed E-state index contributed by atoms with van der Waals surface area (Å²) in [6.07, 6.45) is 4.55. The van der Waals surface area contributed by atoms with E-state index in [1.54, 1.807) is 0 Å². The molecule has 0 bridgehead atoms. The standard InChI is InChI=1S/C18H30O2Si/c1-6-15-11-10-12-16(13-15)17(7-2)20-21-18(8-3)14(5)19-9-4/h6,10-14,17-18H,1,7-9,21H2,2-5H3. The van der Waals surface area contributed by atoms with Crippen molar-refractivity contribution in [3.8, 4) is 0 Å². The van der Waals surface area contributed by atoms with Crippen molar-refractivity contribution < 1.29 is 9.16 Å². The van der Waals surface area contributed by atoms with E-state index in [-0.39, 0.29) is 6.10 Å². The minimum Gasteiger partial charge on any atom is -0.417 e. The fourth-order valence-electron chi connectivity index (χ4n) is 2.56. The first-order valence-electron chi connectivity index (χ1n) is 8.11. The highest BCUT2D eigenvalue weighted by atomic mass is 28.2. The molecule has 0 saturated carbocycles. The SMILES string of the molecule is C=Cc1cccc(C(CC)O[SiH2]C(CC)C(C)OCC)c1. The number of ether oxygens (including phenoxy) is 1. The van der Waals surface area contributed by atoms with Crippen LogP contribution in [0.5, 0.6) is 0 Å². The Bertz CT molecular complexity index is 419. The summed E-state index contributed by atoms with van der Waals surface area (Å²) in [6, 6.07) is 8.50. The molecule has 21 heavy (non-hydrogen) atoms. The zero-order chi connectivity index (χ0) is 15.7. The Hall–Kier alpha value is -0.903. The van der Waals surface area contributed by atoms with Crippen LogP contribution in [0.4, 0.5) is 0 Å². The van der Waals surface area contributed by atoms with Gasteiger partial charge in [-0.15, -0.1) is 0 Å². The molecule has 0 fully saturated rings. The lowest BCUT2D eigenvalue weighted by molar-refractivity contribution is 0.0642. The summed E-state index contributed by atoms with van der Waals surface area (Å²) < 4.78 is 12.1. The zero-order valence-electron chi connectivity index (χ0n) is 14.0. The van der Waals surface area contributed by atoms with E-state index in [4.69, 9.17) is 9.16 Å². The van der Waals surface area contributed by atoms with Gasteiger partial charge in [-0.2, -0.15) is 0 Å². The molecule has 0 aliphatic heterocycles. The summed E-state index contributed by atoms with van der Waals surface area (Å²) >= 11 is 0. The van der Waals surface area contributed by atoms with Gasteiger partial charge in [-0.3, -0.25) is 0 Å². The van der Waals surface area contributed by atoms with Crippen molar-refractivity contribution in [1.82, 2.24) is 0 Å². The van der Waals surface area contributed by atoms with Gasteiger partial charge in [0, 0.05) is 6.61 Å². The number of rotatable bonds is 10.